The first-order chi connectivity index (χ1) is 14.0. The van der Waals surface area contributed by atoms with Crippen LogP contribution in [0.15, 0.2) is 77.9 Å². The molecule has 0 bridgehead atoms. The molecule has 0 atom stereocenters. The van der Waals surface area contributed by atoms with Crippen molar-refractivity contribution in [2.45, 2.75) is 0 Å². The fraction of sp³-hybridized carbons (Fsp3) is 0. The topological polar surface area (TPSA) is 79.8 Å². The van der Waals surface area contributed by atoms with E-state index in [2.05, 4.69) is 15.8 Å². The van der Waals surface area contributed by atoms with Crippen molar-refractivity contribution in [3.05, 3.63) is 88.4 Å². The van der Waals surface area contributed by atoms with Gasteiger partial charge in [0.1, 0.15) is 11.5 Å². The average Bonchev–Trinajstić information content (AvgIpc) is 2.72. The maximum absolute atomic E-state index is 11.9. The third-order valence-electron chi connectivity index (χ3n) is 3.60. The molecule has 3 aromatic carbocycles. The molecule has 0 unspecified atom stereocenters. The van der Waals surface area contributed by atoms with Gasteiger partial charge in [-0.2, -0.15) is 5.10 Å². The van der Waals surface area contributed by atoms with Crippen molar-refractivity contribution in [1.29, 1.82) is 0 Å². The van der Waals surface area contributed by atoms with Crippen LogP contribution in [0, 0.1) is 0 Å². The zero-order valence-electron chi connectivity index (χ0n) is 14.9. The van der Waals surface area contributed by atoms with Crippen LogP contribution < -0.4 is 15.5 Å². The van der Waals surface area contributed by atoms with Crippen LogP contribution in [0.25, 0.3) is 0 Å². The summed E-state index contributed by atoms with van der Waals surface area (Å²) in [6.07, 6.45) is 1.40. The molecule has 3 aromatic rings. The van der Waals surface area contributed by atoms with Crippen LogP contribution in [0.2, 0.25) is 10.0 Å². The molecule has 0 spiro atoms. The lowest BCUT2D eigenvalue weighted by atomic mass is 10.2. The van der Waals surface area contributed by atoms with E-state index in [4.69, 9.17) is 27.9 Å². The number of carbonyl (C=O) groups excluding carboxylic acids is 2. The highest BCUT2D eigenvalue weighted by Crippen LogP contribution is 2.25. The van der Waals surface area contributed by atoms with Gasteiger partial charge in [0.05, 0.1) is 16.3 Å². The highest BCUT2D eigenvalue weighted by Gasteiger charge is 2.13. The summed E-state index contributed by atoms with van der Waals surface area (Å²) in [5.41, 5.74) is 3.19. The molecule has 8 heteroatoms. The van der Waals surface area contributed by atoms with Crippen molar-refractivity contribution in [3.8, 4) is 11.5 Å². The molecule has 0 aliphatic heterocycles. The summed E-state index contributed by atoms with van der Waals surface area (Å²) in [5, 5.41) is 6.81. The molecule has 2 N–H and O–H groups in total. The number of amides is 2. The molecule has 2 amide bonds. The Morgan fingerprint density at radius 1 is 0.828 bits per heavy atom. The SMILES string of the molecule is O=C(N/N=C\c1cccc(Oc2ccccc2)c1)C(=O)Nc1ccc(Cl)c(Cl)c1. The number of rotatable bonds is 5. The largest absolute Gasteiger partial charge is 0.457 e. The normalized spacial score (nSPS) is 10.6. The minimum Gasteiger partial charge on any atom is -0.457 e. The van der Waals surface area contributed by atoms with Crippen molar-refractivity contribution in [1.82, 2.24) is 5.43 Å². The van der Waals surface area contributed by atoms with Gasteiger partial charge in [-0.05, 0) is 48.0 Å². The Hall–Kier alpha value is -3.35. The number of anilines is 1. The van der Waals surface area contributed by atoms with Crippen molar-refractivity contribution in [2.24, 2.45) is 5.10 Å². The number of ether oxygens (including phenoxy) is 1. The molecule has 0 saturated heterocycles. The van der Waals surface area contributed by atoms with Crippen LogP contribution in [0.4, 0.5) is 5.69 Å². The predicted octanol–water partition coefficient (Wildman–Crippen LogP) is 4.87. The van der Waals surface area contributed by atoms with Gasteiger partial charge in [0.25, 0.3) is 0 Å². The third kappa shape index (κ3) is 6.07. The van der Waals surface area contributed by atoms with Crippen molar-refractivity contribution < 1.29 is 14.3 Å². The predicted molar refractivity (Wildman–Crippen MR) is 114 cm³/mol. The smallest absolute Gasteiger partial charge is 0.329 e. The molecule has 0 aliphatic rings. The molecule has 6 nitrogen and oxygen atoms in total. The van der Waals surface area contributed by atoms with Crippen LogP contribution in [0.5, 0.6) is 11.5 Å². The van der Waals surface area contributed by atoms with Crippen LogP contribution in [0.3, 0.4) is 0 Å². The monoisotopic (exact) mass is 427 g/mol. The number of halogens is 2. The van der Waals surface area contributed by atoms with Crippen molar-refractivity contribution in [2.75, 3.05) is 5.32 Å². The molecule has 0 saturated carbocycles. The van der Waals surface area contributed by atoms with Gasteiger partial charge in [-0.1, -0.05) is 53.5 Å². The zero-order valence-corrected chi connectivity index (χ0v) is 16.4. The summed E-state index contributed by atoms with van der Waals surface area (Å²) in [6.45, 7) is 0. The minimum absolute atomic E-state index is 0.264. The summed E-state index contributed by atoms with van der Waals surface area (Å²) in [7, 11) is 0. The first-order valence-corrected chi connectivity index (χ1v) is 9.19. The summed E-state index contributed by atoms with van der Waals surface area (Å²) in [4.78, 5) is 23.8. The van der Waals surface area contributed by atoms with Gasteiger partial charge in [0, 0.05) is 5.69 Å². The van der Waals surface area contributed by atoms with Crippen LogP contribution in [-0.4, -0.2) is 18.0 Å². The number of para-hydroxylation sites is 1. The Morgan fingerprint density at radius 3 is 2.34 bits per heavy atom. The van der Waals surface area contributed by atoms with Gasteiger partial charge in [-0.15, -0.1) is 0 Å². The second-order valence-electron chi connectivity index (χ2n) is 5.77. The number of nitrogens with zero attached hydrogens (tertiary/aromatic N) is 1. The van der Waals surface area contributed by atoms with E-state index >= 15 is 0 Å². The number of hydrogen-bond donors (Lipinski definition) is 2. The summed E-state index contributed by atoms with van der Waals surface area (Å²) >= 11 is 11.7. The lowest BCUT2D eigenvalue weighted by Crippen LogP contribution is -2.32. The van der Waals surface area contributed by atoms with Gasteiger partial charge in [-0.3, -0.25) is 9.59 Å². The lowest BCUT2D eigenvalue weighted by Gasteiger charge is -2.06. The molecule has 0 radical (unpaired) electrons. The number of carbonyl (C=O) groups is 2. The molecule has 146 valence electrons. The van der Waals surface area contributed by atoms with Gasteiger partial charge in [0.15, 0.2) is 0 Å². The van der Waals surface area contributed by atoms with Crippen molar-refractivity contribution >= 4 is 46.9 Å². The fourth-order valence-corrected chi connectivity index (χ4v) is 2.56. The molecular weight excluding hydrogens is 413 g/mol. The van der Waals surface area contributed by atoms with Crippen LogP contribution in [0.1, 0.15) is 5.56 Å². The standard InChI is InChI=1S/C21H15Cl2N3O3/c22-18-10-9-15(12-19(18)23)25-20(27)21(28)26-24-13-14-5-4-8-17(11-14)29-16-6-2-1-3-7-16/h1-13H,(H,25,27)(H,26,28)/b24-13-. The lowest BCUT2D eigenvalue weighted by molar-refractivity contribution is -0.136. The quantitative estimate of drug-likeness (QED) is 0.346. The second kappa shape index (κ2) is 9.73. The second-order valence-corrected chi connectivity index (χ2v) is 6.58. The molecule has 3 rings (SSSR count). The Bertz CT molecular complexity index is 1060. The van der Waals surface area contributed by atoms with E-state index in [-0.39, 0.29) is 5.02 Å². The van der Waals surface area contributed by atoms with Crippen LogP contribution in [-0.2, 0) is 9.59 Å². The van der Waals surface area contributed by atoms with E-state index < -0.39 is 11.8 Å². The Kier molecular flexibility index (Phi) is 6.84. The molecule has 29 heavy (non-hydrogen) atoms. The molecule has 0 fully saturated rings. The van der Waals surface area contributed by atoms with Gasteiger partial charge >= 0.3 is 11.8 Å². The number of hydrogen-bond acceptors (Lipinski definition) is 4. The maximum Gasteiger partial charge on any atom is 0.329 e. The van der Waals surface area contributed by atoms with E-state index in [0.717, 1.165) is 0 Å². The van der Waals surface area contributed by atoms with Gasteiger partial charge in [-0.25, -0.2) is 5.43 Å². The minimum atomic E-state index is -0.927. The molecule has 0 heterocycles. The van der Waals surface area contributed by atoms with E-state index in [9.17, 15) is 9.59 Å². The highest BCUT2D eigenvalue weighted by atomic mass is 35.5. The fourth-order valence-electron chi connectivity index (χ4n) is 2.26. The Morgan fingerprint density at radius 2 is 1.59 bits per heavy atom. The average molecular weight is 428 g/mol. The van der Waals surface area contributed by atoms with Crippen LogP contribution >= 0.6 is 23.2 Å². The molecular formula is C21H15Cl2N3O3. The van der Waals surface area contributed by atoms with E-state index in [1.165, 1.54) is 24.4 Å². The third-order valence-corrected chi connectivity index (χ3v) is 4.34. The Labute approximate surface area is 177 Å². The number of benzene rings is 3. The summed E-state index contributed by atoms with van der Waals surface area (Å²) in [5.74, 6) is -0.497. The van der Waals surface area contributed by atoms with E-state index in [0.29, 0.717) is 27.8 Å². The summed E-state index contributed by atoms with van der Waals surface area (Å²) < 4.78 is 5.74. The first kappa shape index (κ1) is 20.4. The van der Waals surface area contributed by atoms with E-state index in [1.54, 1.807) is 24.3 Å². The van der Waals surface area contributed by atoms with E-state index in [1.807, 2.05) is 30.3 Å². The maximum atomic E-state index is 11.9. The molecule has 0 aliphatic carbocycles. The highest BCUT2D eigenvalue weighted by molar-refractivity contribution is 6.42. The molecule has 0 aromatic heterocycles. The van der Waals surface area contributed by atoms with Gasteiger partial charge < -0.3 is 10.1 Å². The summed E-state index contributed by atoms with van der Waals surface area (Å²) in [6, 6.07) is 20.9. The number of hydrazone groups is 1. The van der Waals surface area contributed by atoms with Gasteiger partial charge in [0.2, 0.25) is 0 Å². The number of nitrogens with one attached hydrogen (secondary N) is 2. The first-order valence-electron chi connectivity index (χ1n) is 8.44. The Balaban J connectivity index is 1.56. The zero-order chi connectivity index (χ0) is 20.6. The van der Waals surface area contributed by atoms with Crippen molar-refractivity contribution in [3.63, 3.8) is 0 Å².